The van der Waals surface area contributed by atoms with Gasteiger partial charge >= 0.3 is 0 Å². The first-order chi connectivity index (χ1) is 12.8. The van der Waals surface area contributed by atoms with E-state index in [0.29, 0.717) is 17.2 Å². The average molecular weight is 395 g/mol. The van der Waals surface area contributed by atoms with E-state index in [1.807, 2.05) is 0 Å². The summed E-state index contributed by atoms with van der Waals surface area (Å²) < 4.78 is 23.6. The molecule has 0 aliphatic heterocycles. The van der Waals surface area contributed by atoms with E-state index >= 15 is 0 Å². The van der Waals surface area contributed by atoms with Crippen LogP contribution in [0.2, 0.25) is 5.02 Å². The lowest BCUT2D eigenvalue weighted by Crippen LogP contribution is -2.36. The van der Waals surface area contributed by atoms with Gasteiger partial charge in [0, 0.05) is 19.2 Å². The van der Waals surface area contributed by atoms with Gasteiger partial charge in [0.1, 0.15) is 12.4 Å². The van der Waals surface area contributed by atoms with Gasteiger partial charge < -0.3 is 19.7 Å². The summed E-state index contributed by atoms with van der Waals surface area (Å²) in [6.07, 6.45) is 0. The minimum absolute atomic E-state index is 0.0958. The average Bonchev–Trinajstić information content (AvgIpc) is 2.64. The number of nitrogens with zero attached hydrogens (tertiary/aromatic N) is 1. The first-order valence-corrected chi connectivity index (χ1v) is 8.43. The third-order valence-electron chi connectivity index (χ3n) is 3.80. The normalized spacial score (nSPS) is 10.3. The zero-order valence-corrected chi connectivity index (χ0v) is 16.0. The lowest BCUT2D eigenvalue weighted by atomic mass is 10.2. The SMILES string of the molecule is COc1ccc(CN(CC(=O)Nc2ccc(F)c(Cl)c2)C(C)=O)cc1OC. The largest absolute Gasteiger partial charge is 0.493 e. The van der Waals surface area contributed by atoms with Gasteiger partial charge in [0.05, 0.1) is 19.2 Å². The van der Waals surface area contributed by atoms with E-state index in [2.05, 4.69) is 5.32 Å². The third-order valence-corrected chi connectivity index (χ3v) is 4.09. The number of carbonyl (C=O) groups excluding carboxylic acids is 2. The highest BCUT2D eigenvalue weighted by Gasteiger charge is 2.16. The Hall–Kier alpha value is -2.80. The Kier molecular flexibility index (Phi) is 7.01. The molecule has 0 atom stereocenters. The van der Waals surface area contributed by atoms with Crippen molar-refractivity contribution in [2.75, 3.05) is 26.1 Å². The van der Waals surface area contributed by atoms with E-state index < -0.39 is 11.7 Å². The molecule has 0 spiro atoms. The summed E-state index contributed by atoms with van der Waals surface area (Å²) in [7, 11) is 3.05. The van der Waals surface area contributed by atoms with Crippen molar-refractivity contribution >= 4 is 29.1 Å². The molecule has 0 aromatic heterocycles. The molecule has 0 aliphatic carbocycles. The second-order valence-corrected chi connectivity index (χ2v) is 6.15. The van der Waals surface area contributed by atoms with Crippen LogP contribution < -0.4 is 14.8 Å². The maximum atomic E-state index is 13.2. The number of methoxy groups -OCH3 is 2. The summed E-state index contributed by atoms with van der Waals surface area (Å²) >= 11 is 5.70. The number of carbonyl (C=O) groups is 2. The van der Waals surface area contributed by atoms with Crippen LogP contribution in [-0.4, -0.2) is 37.5 Å². The van der Waals surface area contributed by atoms with E-state index in [1.165, 1.54) is 38.2 Å². The molecule has 0 bridgehead atoms. The molecule has 0 fully saturated rings. The molecule has 2 aromatic carbocycles. The Labute approximate surface area is 161 Å². The molecular formula is C19H20ClFN2O4. The summed E-state index contributed by atoms with van der Waals surface area (Å²) in [5, 5.41) is 2.50. The molecular weight excluding hydrogens is 375 g/mol. The standard InChI is InChI=1S/C19H20ClFN2O4/c1-12(24)23(10-13-4-7-17(26-2)18(8-13)27-3)11-19(25)22-14-5-6-16(21)15(20)9-14/h4-9H,10-11H2,1-3H3,(H,22,25). The lowest BCUT2D eigenvalue weighted by Gasteiger charge is -2.21. The number of hydrogen-bond acceptors (Lipinski definition) is 4. The van der Waals surface area contributed by atoms with Crippen LogP contribution in [0.4, 0.5) is 10.1 Å². The molecule has 0 aliphatic rings. The highest BCUT2D eigenvalue weighted by atomic mass is 35.5. The Morgan fingerprint density at radius 1 is 1.11 bits per heavy atom. The fourth-order valence-electron chi connectivity index (χ4n) is 2.43. The molecule has 2 aromatic rings. The molecule has 2 amide bonds. The molecule has 27 heavy (non-hydrogen) atoms. The number of nitrogens with one attached hydrogen (secondary N) is 1. The minimum atomic E-state index is -0.575. The van der Waals surface area contributed by atoms with E-state index in [0.717, 1.165) is 11.6 Å². The van der Waals surface area contributed by atoms with Gasteiger partial charge in [0.15, 0.2) is 11.5 Å². The quantitative estimate of drug-likeness (QED) is 0.780. The molecule has 0 heterocycles. The topological polar surface area (TPSA) is 67.9 Å². The van der Waals surface area contributed by atoms with Crippen LogP contribution in [0.25, 0.3) is 0 Å². The molecule has 6 nitrogen and oxygen atoms in total. The number of rotatable bonds is 7. The number of benzene rings is 2. The molecule has 2 rings (SSSR count). The van der Waals surface area contributed by atoms with Crippen LogP contribution in [-0.2, 0) is 16.1 Å². The van der Waals surface area contributed by atoms with Crippen LogP contribution in [0, 0.1) is 5.82 Å². The smallest absolute Gasteiger partial charge is 0.244 e. The first-order valence-electron chi connectivity index (χ1n) is 8.05. The van der Waals surface area contributed by atoms with Crippen LogP contribution in [0.5, 0.6) is 11.5 Å². The summed E-state index contributed by atoms with van der Waals surface area (Å²) in [5.74, 6) is -0.163. The van der Waals surface area contributed by atoms with Gasteiger partial charge in [-0.05, 0) is 35.9 Å². The van der Waals surface area contributed by atoms with Crippen molar-refractivity contribution in [3.63, 3.8) is 0 Å². The van der Waals surface area contributed by atoms with Crippen molar-refractivity contribution in [3.8, 4) is 11.5 Å². The Bertz CT molecular complexity index is 844. The van der Waals surface area contributed by atoms with Gasteiger partial charge in [-0.1, -0.05) is 17.7 Å². The molecule has 0 saturated carbocycles. The van der Waals surface area contributed by atoms with Crippen molar-refractivity contribution in [2.45, 2.75) is 13.5 Å². The Morgan fingerprint density at radius 2 is 1.81 bits per heavy atom. The number of hydrogen-bond donors (Lipinski definition) is 1. The van der Waals surface area contributed by atoms with Crippen molar-refractivity contribution in [3.05, 3.63) is 52.8 Å². The number of halogens is 2. The highest BCUT2D eigenvalue weighted by molar-refractivity contribution is 6.31. The second kappa shape index (κ2) is 9.23. The molecule has 1 N–H and O–H groups in total. The monoisotopic (exact) mass is 394 g/mol. The fourth-order valence-corrected chi connectivity index (χ4v) is 2.61. The zero-order chi connectivity index (χ0) is 20.0. The number of amides is 2. The predicted molar refractivity (Wildman–Crippen MR) is 101 cm³/mol. The van der Waals surface area contributed by atoms with Gasteiger partial charge in [0.25, 0.3) is 0 Å². The van der Waals surface area contributed by atoms with E-state index in [4.69, 9.17) is 21.1 Å². The maximum absolute atomic E-state index is 13.2. The second-order valence-electron chi connectivity index (χ2n) is 5.74. The lowest BCUT2D eigenvalue weighted by molar-refractivity contribution is -0.133. The maximum Gasteiger partial charge on any atom is 0.244 e. The van der Waals surface area contributed by atoms with Crippen LogP contribution >= 0.6 is 11.6 Å². The van der Waals surface area contributed by atoms with E-state index in [9.17, 15) is 14.0 Å². The van der Waals surface area contributed by atoms with Crippen molar-refractivity contribution in [1.82, 2.24) is 4.90 Å². The summed E-state index contributed by atoms with van der Waals surface area (Å²) in [6, 6.07) is 9.12. The molecule has 0 radical (unpaired) electrons. The minimum Gasteiger partial charge on any atom is -0.493 e. The first kappa shape index (κ1) is 20.5. The van der Waals surface area contributed by atoms with Crippen molar-refractivity contribution in [1.29, 1.82) is 0 Å². The predicted octanol–water partition coefficient (Wildman–Crippen LogP) is 3.48. The molecule has 0 unspecified atom stereocenters. The third kappa shape index (κ3) is 5.59. The Balaban J connectivity index is 2.07. The van der Waals surface area contributed by atoms with E-state index in [-0.39, 0.29) is 24.0 Å². The summed E-state index contributed by atoms with van der Waals surface area (Å²) in [4.78, 5) is 25.6. The number of ether oxygens (including phenoxy) is 2. The van der Waals surface area contributed by atoms with Crippen LogP contribution in [0.15, 0.2) is 36.4 Å². The van der Waals surface area contributed by atoms with Gasteiger partial charge in [-0.3, -0.25) is 9.59 Å². The van der Waals surface area contributed by atoms with Crippen molar-refractivity contribution in [2.24, 2.45) is 0 Å². The summed E-state index contributed by atoms with van der Waals surface area (Å²) in [5.41, 5.74) is 1.13. The van der Waals surface area contributed by atoms with Crippen molar-refractivity contribution < 1.29 is 23.5 Å². The number of anilines is 1. The van der Waals surface area contributed by atoms with E-state index in [1.54, 1.807) is 18.2 Å². The van der Waals surface area contributed by atoms with Gasteiger partial charge in [-0.25, -0.2) is 4.39 Å². The zero-order valence-electron chi connectivity index (χ0n) is 15.2. The van der Waals surface area contributed by atoms with Gasteiger partial charge in [-0.2, -0.15) is 0 Å². The highest BCUT2D eigenvalue weighted by Crippen LogP contribution is 2.28. The van der Waals surface area contributed by atoms with Crippen LogP contribution in [0.3, 0.4) is 0 Å². The fraction of sp³-hybridized carbons (Fsp3) is 0.263. The molecule has 0 saturated heterocycles. The summed E-state index contributed by atoms with van der Waals surface area (Å²) in [6.45, 7) is 1.43. The van der Waals surface area contributed by atoms with Gasteiger partial charge in [-0.15, -0.1) is 0 Å². The molecule has 144 valence electrons. The molecule has 8 heteroatoms. The van der Waals surface area contributed by atoms with Crippen LogP contribution in [0.1, 0.15) is 12.5 Å². The van der Waals surface area contributed by atoms with Gasteiger partial charge in [0.2, 0.25) is 11.8 Å². The Morgan fingerprint density at radius 3 is 2.41 bits per heavy atom.